The molecule has 0 aliphatic carbocycles. The van der Waals surface area contributed by atoms with Crippen LogP contribution in [0, 0.1) is 23.0 Å². The van der Waals surface area contributed by atoms with E-state index in [0.717, 1.165) is 12.0 Å². The Bertz CT molecular complexity index is 1430. The number of imidazole rings is 1. The molecule has 10 heteroatoms. The predicted molar refractivity (Wildman–Crippen MR) is 165 cm³/mol. The van der Waals surface area contributed by atoms with E-state index >= 15 is 0 Å². The molecule has 1 saturated heterocycles. The van der Waals surface area contributed by atoms with E-state index in [1.165, 1.54) is 30.6 Å². The van der Waals surface area contributed by atoms with Crippen molar-refractivity contribution in [3.8, 4) is 5.69 Å². The second-order valence-electron chi connectivity index (χ2n) is 12.7. The Labute approximate surface area is 258 Å². The number of rotatable bonds is 11. The SMILES string of the molecule is CC[C@@H](C)C(=O)N[C@H](C(=O)N1CCC[C@H]1CN(CCc1ccc(F)cc1)C(=O)c1cn(-c2ccc(F)cc2)cn1)C(C)(C)C. The van der Waals surface area contributed by atoms with E-state index in [1.807, 2.05) is 39.5 Å². The van der Waals surface area contributed by atoms with Crippen molar-refractivity contribution in [2.45, 2.75) is 72.4 Å². The summed E-state index contributed by atoms with van der Waals surface area (Å²) in [5.74, 6) is -1.50. The molecule has 236 valence electrons. The maximum absolute atomic E-state index is 14.0. The minimum Gasteiger partial charge on any atom is -0.344 e. The molecular formula is C34H43F2N5O3. The Morgan fingerprint density at radius 2 is 1.68 bits per heavy atom. The van der Waals surface area contributed by atoms with E-state index in [1.54, 1.807) is 39.9 Å². The van der Waals surface area contributed by atoms with E-state index in [9.17, 15) is 23.2 Å². The molecule has 2 aromatic carbocycles. The molecule has 1 aromatic heterocycles. The molecule has 2 heterocycles. The molecule has 1 fully saturated rings. The fraction of sp³-hybridized carbons (Fsp3) is 0.471. The topological polar surface area (TPSA) is 87.5 Å². The van der Waals surface area contributed by atoms with Gasteiger partial charge in [0.25, 0.3) is 5.91 Å². The Morgan fingerprint density at radius 3 is 2.30 bits per heavy atom. The molecule has 1 aliphatic heterocycles. The maximum atomic E-state index is 14.0. The number of nitrogens with one attached hydrogen (secondary N) is 1. The molecule has 3 aromatic rings. The van der Waals surface area contributed by atoms with Crippen LogP contribution in [0.15, 0.2) is 61.1 Å². The molecule has 3 atom stereocenters. The zero-order valence-electron chi connectivity index (χ0n) is 26.2. The van der Waals surface area contributed by atoms with E-state index in [4.69, 9.17) is 0 Å². The van der Waals surface area contributed by atoms with Gasteiger partial charge in [-0.15, -0.1) is 0 Å². The van der Waals surface area contributed by atoms with Crippen LogP contribution in [0.4, 0.5) is 8.78 Å². The van der Waals surface area contributed by atoms with Crippen molar-refractivity contribution in [1.82, 2.24) is 24.7 Å². The fourth-order valence-electron chi connectivity index (χ4n) is 5.40. The highest BCUT2D eigenvalue weighted by Gasteiger charge is 2.41. The summed E-state index contributed by atoms with van der Waals surface area (Å²) in [7, 11) is 0. The van der Waals surface area contributed by atoms with Gasteiger partial charge in [-0.3, -0.25) is 14.4 Å². The molecule has 0 unspecified atom stereocenters. The van der Waals surface area contributed by atoms with Crippen molar-refractivity contribution < 1.29 is 23.2 Å². The number of halogens is 2. The first-order chi connectivity index (χ1) is 20.9. The van der Waals surface area contributed by atoms with Crippen molar-refractivity contribution in [3.05, 3.63) is 83.9 Å². The standard InChI is InChI=1S/C34H43F2N5O3/c1-6-23(2)31(42)38-30(34(3,4)5)33(44)41-18-7-8-28(41)20-39(19-17-24-9-11-25(35)12-10-24)32(43)29-21-40(22-37-29)27-15-13-26(36)14-16-27/h9-16,21-23,28,30H,6-8,17-20H2,1-5H3,(H,38,42)/t23-,28+,30-/m1/s1. The summed E-state index contributed by atoms with van der Waals surface area (Å²) >= 11 is 0. The van der Waals surface area contributed by atoms with Crippen molar-refractivity contribution >= 4 is 17.7 Å². The number of aromatic nitrogens is 2. The Kier molecular flexibility index (Phi) is 10.5. The highest BCUT2D eigenvalue weighted by molar-refractivity contribution is 5.92. The Hall–Kier alpha value is -4.08. The van der Waals surface area contributed by atoms with Crippen molar-refractivity contribution in [1.29, 1.82) is 0 Å². The van der Waals surface area contributed by atoms with Crippen LogP contribution >= 0.6 is 0 Å². The minimum atomic E-state index is -0.709. The number of likely N-dealkylation sites (tertiary alicyclic amines) is 1. The Morgan fingerprint density at radius 1 is 1.05 bits per heavy atom. The largest absolute Gasteiger partial charge is 0.344 e. The zero-order chi connectivity index (χ0) is 32.0. The first-order valence-electron chi connectivity index (χ1n) is 15.3. The summed E-state index contributed by atoms with van der Waals surface area (Å²) in [4.78, 5) is 48.6. The summed E-state index contributed by atoms with van der Waals surface area (Å²) in [6.45, 7) is 10.8. The monoisotopic (exact) mass is 607 g/mol. The van der Waals surface area contributed by atoms with Crippen molar-refractivity contribution in [2.24, 2.45) is 11.3 Å². The molecule has 8 nitrogen and oxygen atoms in total. The van der Waals surface area contributed by atoms with Gasteiger partial charge < -0.3 is 19.7 Å². The second-order valence-corrected chi connectivity index (χ2v) is 12.7. The summed E-state index contributed by atoms with van der Waals surface area (Å²) in [6.07, 6.45) is 5.78. The lowest BCUT2D eigenvalue weighted by Crippen LogP contribution is -2.57. The van der Waals surface area contributed by atoms with Gasteiger partial charge in [-0.2, -0.15) is 0 Å². The second kappa shape index (κ2) is 14.1. The van der Waals surface area contributed by atoms with Crippen LogP contribution < -0.4 is 5.32 Å². The number of hydrogen-bond acceptors (Lipinski definition) is 4. The van der Waals surface area contributed by atoms with Gasteiger partial charge in [0, 0.05) is 43.5 Å². The summed E-state index contributed by atoms with van der Waals surface area (Å²) < 4.78 is 28.6. The quantitative estimate of drug-likeness (QED) is 0.316. The van der Waals surface area contributed by atoms with Crippen LogP contribution in [0.1, 0.15) is 69.9 Å². The molecular weight excluding hydrogens is 564 g/mol. The van der Waals surface area contributed by atoms with Crippen LogP contribution in [0.5, 0.6) is 0 Å². The average Bonchev–Trinajstić information content (AvgIpc) is 3.68. The van der Waals surface area contributed by atoms with Crippen LogP contribution in [0.2, 0.25) is 0 Å². The minimum absolute atomic E-state index is 0.149. The molecule has 0 saturated carbocycles. The van der Waals surface area contributed by atoms with Gasteiger partial charge in [0.05, 0.1) is 0 Å². The smallest absolute Gasteiger partial charge is 0.274 e. The molecule has 1 aliphatic rings. The van der Waals surface area contributed by atoms with E-state index in [2.05, 4.69) is 10.3 Å². The van der Waals surface area contributed by atoms with Gasteiger partial charge in [0.15, 0.2) is 0 Å². The Balaban J connectivity index is 1.56. The van der Waals surface area contributed by atoms with E-state index < -0.39 is 11.5 Å². The molecule has 4 rings (SSSR count). The van der Waals surface area contributed by atoms with Crippen molar-refractivity contribution in [3.63, 3.8) is 0 Å². The third-order valence-electron chi connectivity index (χ3n) is 8.35. The van der Waals surface area contributed by atoms with Crippen LogP contribution in [-0.4, -0.2) is 68.8 Å². The lowest BCUT2D eigenvalue weighted by molar-refractivity contribution is -0.141. The first kappa shape index (κ1) is 32.8. The lowest BCUT2D eigenvalue weighted by Gasteiger charge is -2.37. The zero-order valence-corrected chi connectivity index (χ0v) is 26.2. The fourth-order valence-corrected chi connectivity index (χ4v) is 5.40. The van der Waals surface area contributed by atoms with Gasteiger partial charge in [-0.05, 0) is 73.1 Å². The van der Waals surface area contributed by atoms with Gasteiger partial charge in [-0.1, -0.05) is 46.8 Å². The van der Waals surface area contributed by atoms with Gasteiger partial charge in [0.2, 0.25) is 11.8 Å². The maximum Gasteiger partial charge on any atom is 0.274 e. The molecule has 0 spiro atoms. The molecule has 3 amide bonds. The molecule has 44 heavy (non-hydrogen) atoms. The van der Waals surface area contributed by atoms with Gasteiger partial charge >= 0.3 is 0 Å². The van der Waals surface area contributed by atoms with Gasteiger partial charge in [-0.25, -0.2) is 13.8 Å². The van der Waals surface area contributed by atoms with Crippen LogP contribution in [-0.2, 0) is 16.0 Å². The van der Waals surface area contributed by atoms with Gasteiger partial charge in [0.1, 0.15) is 29.7 Å². The summed E-state index contributed by atoms with van der Waals surface area (Å²) in [5, 5.41) is 3.00. The molecule has 0 radical (unpaired) electrons. The van der Waals surface area contributed by atoms with E-state index in [-0.39, 0.29) is 53.6 Å². The predicted octanol–water partition coefficient (Wildman–Crippen LogP) is 5.40. The number of amides is 3. The summed E-state index contributed by atoms with van der Waals surface area (Å²) in [5.41, 5.74) is 1.24. The highest BCUT2D eigenvalue weighted by atomic mass is 19.1. The number of benzene rings is 2. The normalized spacial score (nSPS) is 16.4. The third-order valence-corrected chi connectivity index (χ3v) is 8.35. The third kappa shape index (κ3) is 8.09. The number of carbonyl (C=O) groups excluding carboxylic acids is 3. The average molecular weight is 608 g/mol. The number of hydrogen-bond donors (Lipinski definition) is 1. The number of nitrogens with zero attached hydrogens (tertiary/aromatic N) is 4. The molecule has 1 N–H and O–H groups in total. The molecule has 0 bridgehead atoms. The van der Waals surface area contributed by atoms with Crippen molar-refractivity contribution in [2.75, 3.05) is 19.6 Å². The highest BCUT2D eigenvalue weighted by Crippen LogP contribution is 2.27. The van der Waals surface area contributed by atoms with Crippen LogP contribution in [0.3, 0.4) is 0 Å². The number of carbonyl (C=O) groups is 3. The van der Waals surface area contributed by atoms with E-state index in [0.29, 0.717) is 38.0 Å². The van der Waals surface area contributed by atoms with Crippen LogP contribution in [0.25, 0.3) is 5.69 Å². The first-order valence-corrected chi connectivity index (χ1v) is 15.3. The summed E-state index contributed by atoms with van der Waals surface area (Å²) in [6, 6.07) is 11.1. The lowest BCUT2D eigenvalue weighted by atomic mass is 9.85.